The molecule has 2 aliphatic rings. The monoisotopic (exact) mass is 457 g/mol. The quantitative estimate of drug-likeness (QED) is 0.707. The maximum atomic E-state index is 14.9. The first kappa shape index (κ1) is 22.3. The number of nitrogens with zero attached hydrogens (tertiary/aromatic N) is 4. The van der Waals surface area contributed by atoms with Gasteiger partial charge in [0.25, 0.3) is 0 Å². The summed E-state index contributed by atoms with van der Waals surface area (Å²) >= 11 is 0. The van der Waals surface area contributed by atoms with E-state index in [9.17, 15) is 18.8 Å². The fourth-order valence-electron chi connectivity index (χ4n) is 3.86. The number of pyridine rings is 1. The minimum absolute atomic E-state index is 0.196. The Kier molecular flexibility index (Phi) is 6.29. The Morgan fingerprint density at radius 1 is 1.21 bits per heavy atom. The molecule has 2 saturated heterocycles. The lowest BCUT2D eigenvalue weighted by Crippen LogP contribution is -2.48. The molecule has 0 unspecified atom stereocenters. The number of amides is 3. The molecule has 2 N–H and O–H groups in total. The van der Waals surface area contributed by atoms with Gasteiger partial charge in [-0.2, -0.15) is 0 Å². The smallest absolute Gasteiger partial charge is 0.414 e. The average molecular weight is 457 g/mol. The van der Waals surface area contributed by atoms with Crippen LogP contribution in [0.2, 0.25) is 0 Å². The lowest BCUT2D eigenvalue weighted by molar-refractivity contribution is -0.119. The van der Waals surface area contributed by atoms with Crippen LogP contribution in [0.3, 0.4) is 0 Å². The number of hydrogen-bond acceptors (Lipinski definition) is 6. The summed E-state index contributed by atoms with van der Waals surface area (Å²) in [5.74, 6) is -0.0249. The van der Waals surface area contributed by atoms with E-state index in [1.165, 1.54) is 22.8 Å². The zero-order valence-electron chi connectivity index (χ0n) is 18.0. The minimum Gasteiger partial charge on any atom is -0.465 e. The largest absolute Gasteiger partial charge is 0.465 e. The number of aromatic nitrogens is 1. The van der Waals surface area contributed by atoms with E-state index in [4.69, 9.17) is 9.84 Å². The Labute approximate surface area is 189 Å². The number of anilines is 2. The maximum Gasteiger partial charge on any atom is 0.414 e. The lowest BCUT2D eigenvalue weighted by atomic mass is 10.1. The molecule has 2 fully saturated rings. The van der Waals surface area contributed by atoms with Gasteiger partial charge in [-0.1, -0.05) is 0 Å². The van der Waals surface area contributed by atoms with E-state index in [0.29, 0.717) is 48.8 Å². The Morgan fingerprint density at radius 2 is 1.97 bits per heavy atom. The topological polar surface area (TPSA) is 115 Å². The van der Waals surface area contributed by atoms with Crippen molar-refractivity contribution in [3.05, 3.63) is 42.3 Å². The fraction of sp³-hybridized carbons (Fsp3) is 0.364. The molecule has 174 valence electrons. The molecule has 1 aromatic carbocycles. The van der Waals surface area contributed by atoms with Gasteiger partial charge < -0.3 is 25.0 Å². The second kappa shape index (κ2) is 9.31. The number of cyclic esters (lactones) is 1. The van der Waals surface area contributed by atoms with Gasteiger partial charge in [0.2, 0.25) is 5.91 Å². The third kappa shape index (κ3) is 4.97. The van der Waals surface area contributed by atoms with Crippen molar-refractivity contribution in [2.24, 2.45) is 0 Å². The van der Waals surface area contributed by atoms with Gasteiger partial charge in [0, 0.05) is 50.4 Å². The van der Waals surface area contributed by atoms with E-state index in [2.05, 4.69) is 10.3 Å². The molecule has 0 bridgehead atoms. The van der Waals surface area contributed by atoms with Crippen molar-refractivity contribution in [1.82, 2.24) is 15.2 Å². The normalized spacial score (nSPS) is 18.3. The van der Waals surface area contributed by atoms with Gasteiger partial charge in [0.05, 0.1) is 18.8 Å². The molecule has 3 heterocycles. The van der Waals surface area contributed by atoms with E-state index in [-0.39, 0.29) is 19.0 Å². The summed E-state index contributed by atoms with van der Waals surface area (Å²) in [6.45, 7) is 3.67. The molecular weight excluding hydrogens is 433 g/mol. The van der Waals surface area contributed by atoms with E-state index in [1.54, 1.807) is 30.5 Å². The van der Waals surface area contributed by atoms with Crippen LogP contribution in [-0.4, -0.2) is 78.5 Å². The highest BCUT2D eigenvalue weighted by atomic mass is 19.1. The predicted molar refractivity (Wildman–Crippen MR) is 118 cm³/mol. The molecule has 4 rings (SSSR count). The average Bonchev–Trinajstić information content (AvgIpc) is 3.18. The summed E-state index contributed by atoms with van der Waals surface area (Å²) in [7, 11) is 0. The van der Waals surface area contributed by atoms with Crippen LogP contribution >= 0.6 is 0 Å². The highest BCUT2D eigenvalue weighted by Gasteiger charge is 2.32. The number of carboxylic acid groups (broad SMARTS) is 1. The van der Waals surface area contributed by atoms with Crippen molar-refractivity contribution in [2.75, 3.05) is 49.1 Å². The van der Waals surface area contributed by atoms with E-state index >= 15 is 0 Å². The Bertz CT molecular complexity index is 1060. The second-order valence-corrected chi connectivity index (χ2v) is 7.88. The van der Waals surface area contributed by atoms with Crippen molar-refractivity contribution in [3.63, 3.8) is 0 Å². The van der Waals surface area contributed by atoms with Crippen molar-refractivity contribution < 1.29 is 28.6 Å². The molecule has 10 nitrogen and oxygen atoms in total. The molecule has 1 atom stereocenters. The SMILES string of the molecule is CC(=O)NC[C@H]1CN(c2ccc(-c3ccc(N4CCN(C(=O)O)CC4)nc3)c(F)c2)C(=O)O1. The molecule has 2 aromatic rings. The number of hydrogen-bond donors (Lipinski definition) is 2. The second-order valence-electron chi connectivity index (χ2n) is 7.88. The first-order valence-electron chi connectivity index (χ1n) is 10.5. The van der Waals surface area contributed by atoms with Crippen molar-refractivity contribution in [1.29, 1.82) is 0 Å². The first-order chi connectivity index (χ1) is 15.8. The number of piperazine rings is 1. The number of ether oxygens (including phenoxy) is 1. The van der Waals surface area contributed by atoms with Gasteiger partial charge in [-0.25, -0.2) is 19.0 Å². The van der Waals surface area contributed by atoms with Gasteiger partial charge in [-0.05, 0) is 30.3 Å². The van der Waals surface area contributed by atoms with Gasteiger partial charge >= 0.3 is 12.2 Å². The van der Waals surface area contributed by atoms with Crippen LogP contribution in [0.25, 0.3) is 11.1 Å². The lowest BCUT2D eigenvalue weighted by Gasteiger charge is -2.33. The Hall–Kier alpha value is -3.89. The standard InChI is InChI=1S/C22H24FN5O5/c1-14(29)24-12-17-13-28(22(32)33-17)16-3-4-18(19(23)10-16)15-2-5-20(25-11-15)26-6-8-27(9-7-26)21(30)31/h2-5,10-11,17H,6-9,12-13H2,1H3,(H,24,29)(H,30,31)/t17-/m0/s1. The number of carbonyl (C=O) groups is 3. The van der Waals surface area contributed by atoms with Crippen LogP contribution in [0.15, 0.2) is 36.5 Å². The molecule has 0 radical (unpaired) electrons. The maximum absolute atomic E-state index is 14.9. The number of rotatable bonds is 5. The van der Waals surface area contributed by atoms with Crippen molar-refractivity contribution >= 4 is 29.6 Å². The molecule has 11 heteroatoms. The fourth-order valence-corrected chi connectivity index (χ4v) is 3.86. The zero-order valence-corrected chi connectivity index (χ0v) is 18.0. The summed E-state index contributed by atoms with van der Waals surface area (Å²) in [5.41, 5.74) is 1.29. The summed E-state index contributed by atoms with van der Waals surface area (Å²) < 4.78 is 20.1. The molecular formula is C22H24FN5O5. The van der Waals surface area contributed by atoms with Gasteiger partial charge in [0.15, 0.2) is 0 Å². The summed E-state index contributed by atoms with van der Waals surface area (Å²) in [4.78, 5) is 43.3. The molecule has 1 aromatic heterocycles. The summed E-state index contributed by atoms with van der Waals surface area (Å²) in [5, 5.41) is 11.7. The number of benzene rings is 1. The van der Waals surface area contributed by atoms with Gasteiger partial charge in [0.1, 0.15) is 17.7 Å². The predicted octanol–water partition coefficient (Wildman–Crippen LogP) is 2.15. The van der Waals surface area contributed by atoms with E-state index in [1.807, 2.05) is 4.90 Å². The molecule has 33 heavy (non-hydrogen) atoms. The Balaban J connectivity index is 1.43. The van der Waals surface area contributed by atoms with E-state index in [0.717, 1.165) is 0 Å². The van der Waals surface area contributed by atoms with Gasteiger partial charge in [-0.3, -0.25) is 9.69 Å². The minimum atomic E-state index is -0.928. The number of nitrogens with one attached hydrogen (secondary N) is 1. The van der Waals surface area contributed by atoms with Crippen LogP contribution in [-0.2, 0) is 9.53 Å². The van der Waals surface area contributed by atoms with E-state index < -0.39 is 24.1 Å². The third-order valence-electron chi connectivity index (χ3n) is 5.65. The molecule has 0 spiro atoms. The zero-order chi connectivity index (χ0) is 23.5. The molecule has 0 saturated carbocycles. The number of halogens is 1. The highest BCUT2D eigenvalue weighted by Crippen LogP contribution is 2.29. The van der Waals surface area contributed by atoms with Gasteiger partial charge in [-0.15, -0.1) is 0 Å². The molecule has 3 amide bonds. The van der Waals surface area contributed by atoms with Crippen molar-refractivity contribution in [2.45, 2.75) is 13.0 Å². The van der Waals surface area contributed by atoms with Crippen LogP contribution < -0.4 is 15.1 Å². The number of carbonyl (C=O) groups excluding carboxylic acids is 2. The summed E-state index contributed by atoms with van der Waals surface area (Å²) in [6.07, 6.45) is -0.447. The van der Waals surface area contributed by atoms with Crippen LogP contribution in [0.5, 0.6) is 0 Å². The van der Waals surface area contributed by atoms with Crippen LogP contribution in [0, 0.1) is 5.82 Å². The summed E-state index contributed by atoms with van der Waals surface area (Å²) in [6, 6.07) is 8.04. The highest BCUT2D eigenvalue weighted by molar-refractivity contribution is 5.90. The Morgan fingerprint density at radius 3 is 2.58 bits per heavy atom. The van der Waals surface area contributed by atoms with Crippen LogP contribution in [0.4, 0.5) is 25.5 Å². The van der Waals surface area contributed by atoms with Crippen molar-refractivity contribution in [3.8, 4) is 11.1 Å². The third-order valence-corrected chi connectivity index (χ3v) is 5.65. The molecule has 2 aliphatic heterocycles. The first-order valence-corrected chi connectivity index (χ1v) is 10.5. The van der Waals surface area contributed by atoms with Crippen LogP contribution in [0.1, 0.15) is 6.92 Å². The molecule has 0 aliphatic carbocycles.